The first-order valence-corrected chi connectivity index (χ1v) is 7.26. The average Bonchev–Trinajstić information content (AvgIpc) is 2.45. The maximum Gasteiger partial charge on any atom is 0.335 e. The van der Waals surface area contributed by atoms with E-state index in [2.05, 4.69) is 13.8 Å². The first-order chi connectivity index (χ1) is 9.99. The van der Waals surface area contributed by atoms with Gasteiger partial charge in [0.25, 0.3) is 5.91 Å². The van der Waals surface area contributed by atoms with Gasteiger partial charge in [0.1, 0.15) is 5.75 Å². The number of ether oxygens (including phenoxy) is 1. The number of amides is 1. The number of nitrogens with zero attached hydrogens (tertiary/aromatic N) is 1. The van der Waals surface area contributed by atoms with Crippen LogP contribution in [0.2, 0.25) is 0 Å². The zero-order valence-corrected chi connectivity index (χ0v) is 12.4. The van der Waals surface area contributed by atoms with Crippen molar-refractivity contribution in [2.75, 3.05) is 6.61 Å². The molecular weight excluding hydrogens is 270 g/mol. The predicted molar refractivity (Wildman–Crippen MR) is 78.5 cm³/mol. The second kappa shape index (κ2) is 6.61. The molecule has 1 saturated heterocycles. The fraction of sp³-hybridized carbons (Fsp3) is 0.500. The standard InChI is InChI=1S/C16H21NO4/c1-11-4-3-5-12(2)17(11)15(18)10-21-14-8-6-13(7-9-14)16(19)20/h6-9,11-12H,3-5,10H2,1-2H3,(H,19,20)/t11-,12-/m0/s1. The molecule has 0 radical (unpaired) electrons. The number of carbonyl (C=O) groups is 2. The van der Waals surface area contributed by atoms with Gasteiger partial charge in [0, 0.05) is 12.1 Å². The number of benzene rings is 1. The molecule has 5 heteroatoms. The maximum atomic E-state index is 12.3. The molecule has 1 heterocycles. The minimum atomic E-state index is -0.978. The summed E-state index contributed by atoms with van der Waals surface area (Å²) in [5.41, 5.74) is 0.201. The molecule has 1 aromatic carbocycles. The third kappa shape index (κ3) is 3.74. The van der Waals surface area contributed by atoms with Crippen LogP contribution in [-0.4, -0.2) is 40.6 Å². The number of piperidine rings is 1. The van der Waals surface area contributed by atoms with Crippen molar-refractivity contribution < 1.29 is 19.4 Å². The van der Waals surface area contributed by atoms with E-state index in [1.807, 2.05) is 4.90 Å². The molecule has 1 aromatic rings. The first-order valence-electron chi connectivity index (χ1n) is 7.26. The molecule has 21 heavy (non-hydrogen) atoms. The molecule has 1 N–H and O–H groups in total. The molecule has 1 amide bonds. The van der Waals surface area contributed by atoms with Crippen LogP contribution in [0.3, 0.4) is 0 Å². The summed E-state index contributed by atoms with van der Waals surface area (Å²) < 4.78 is 5.47. The van der Waals surface area contributed by atoms with Crippen LogP contribution in [-0.2, 0) is 4.79 Å². The summed E-state index contributed by atoms with van der Waals surface area (Å²) in [7, 11) is 0. The van der Waals surface area contributed by atoms with E-state index in [0.29, 0.717) is 5.75 Å². The van der Waals surface area contributed by atoms with E-state index in [-0.39, 0.29) is 30.2 Å². The zero-order chi connectivity index (χ0) is 15.4. The third-order valence-corrected chi connectivity index (χ3v) is 3.95. The monoisotopic (exact) mass is 291 g/mol. The lowest BCUT2D eigenvalue weighted by Gasteiger charge is -2.38. The van der Waals surface area contributed by atoms with Crippen molar-refractivity contribution in [2.45, 2.75) is 45.2 Å². The number of likely N-dealkylation sites (tertiary alicyclic amines) is 1. The van der Waals surface area contributed by atoms with Crippen molar-refractivity contribution in [3.05, 3.63) is 29.8 Å². The van der Waals surface area contributed by atoms with Crippen LogP contribution >= 0.6 is 0 Å². The van der Waals surface area contributed by atoms with Gasteiger partial charge in [0.2, 0.25) is 0 Å². The largest absolute Gasteiger partial charge is 0.484 e. The van der Waals surface area contributed by atoms with Gasteiger partial charge in [-0.15, -0.1) is 0 Å². The molecule has 0 aromatic heterocycles. The summed E-state index contributed by atoms with van der Waals surface area (Å²) in [5, 5.41) is 8.82. The molecule has 1 aliphatic heterocycles. The van der Waals surface area contributed by atoms with Gasteiger partial charge >= 0.3 is 5.97 Å². The Labute approximate surface area is 124 Å². The first kappa shape index (κ1) is 15.4. The summed E-state index contributed by atoms with van der Waals surface area (Å²) >= 11 is 0. The van der Waals surface area contributed by atoms with Gasteiger partial charge in [0.05, 0.1) is 5.56 Å². The van der Waals surface area contributed by atoms with Gasteiger partial charge < -0.3 is 14.7 Å². The zero-order valence-electron chi connectivity index (χ0n) is 12.4. The summed E-state index contributed by atoms with van der Waals surface area (Å²) in [6.07, 6.45) is 3.22. The van der Waals surface area contributed by atoms with Gasteiger partial charge in [-0.25, -0.2) is 4.79 Å². The summed E-state index contributed by atoms with van der Waals surface area (Å²) in [6.45, 7) is 4.12. The molecule has 1 fully saturated rings. The second-order valence-electron chi connectivity index (χ2n) is 5.55. The van der Waals surface area contributed by atoms with Gasteiger partial charge in [-0.05, 0) is 57.4 Å². The molecular formula is C16H21NO4. The lowest BCUT2D eigenvalue weighted by Crippen LogP contribution is -2.49. The van der Waals surface area contributed by atoms with Crippen molar-refractivity contribution in [3.63, 3.8) is 0 Å². The highest BCUT2D eigenvalue weighted by Gasteiger charge is 2.28. The summed E-state index contributed by atoms with van der Waals surface area (Å²) in [5.74, 6) is -0.490. The molecule has 0 aliphatic carbocycles. The number of carboxylic acid groups (broad SMARTS) is 1. The Morgan fingerprint density at radius 3 is 2.29 bits per heavy atom. The highest BCUT2D eigenvalue weighted by molar-refractivity contribution is 5.87. The van der Waals surface area contributed by atoms with Gasteiger partial charge in [-0.2, -0.15) is 0 Å². The number of aromatic carboxylic acids is 1. The Bertz CT molecular complexity index is 502. The number of rotatable bonds is 4. The lowest BCUT2D eigenvalue weighted by molar-refractivity contribution is -0.139. The van der Waals surface area contributed by atoms with E-state index in [9.17, 15) is 9.59 Å². The van der Waals surface area contributed by atoms with Crippen LogP contribution in [0, 0.1) is 0 Å². The van der Waals surface area contributed by atoms with E-state index in [0.717, 1.165) is 19.3 Å². The third-order valence-electron chi connectivity index (χ3n) is 3.95. The number of hydrogen-bond donors (Lipinski definition) is 1. The molecule has 5 nitrogen and oxygen atoms in total. The van der Waals surface area contributed by atoms with E-state index >= 15 is 0 Å². The van der Waals surface area contributed by atoms with E-state index < -0.39 is 5.97 Å². The van der Waals surface area contributed by atoms with E-state index in [1.54, 1.807) is 12.1 Å². The number of hydrogen-bond acceptors (Lipinski definition) is 3. The fourth-order valence-corrected chi connectivity index (χ4v) is 2.83. The molecule has 2 atom stereocenters. The normalized spacial score (nSPS) is 21.9. The second-order valence-corrected chi connectivity index (χ2v) is 5.55. The van der Waals surface area contributed by atoms with Crippen LogP contribution < -0.4 is 4.74 Å². The van der Waals surface area contributed by atoms with Gasteiger partial charge in [-0.1, -0.05) is 0 Å². The lowest BCUT2D eigenvalue weighted by atomic mass is 9.97. The summed E-state index contributed by atoms with van der Waals surface area (Å²) in [6, 6.07) is 6.57. The molecule has 0 spiro atoms. The molecule has 0 unspecified atom stereocenters. The summed E-state index contributed by atoms with van der Waals surface area (Å²) in [4.78, 5) is 24.9. The molecule has 0 saturated carbocycles. The maximum absolute atomic E-state index is 12.3. The van der Waals surface area contributed by atoms with Crippen LogP contribution in [0.15, 0.2) is 24.3 Å². The van der Waals surface area contributed by atoms with Crippen molar-refractivity contribution in [1.29, 1.82) is 0 Å². The Balaban J connectivity index is 1.92. The Morgan fingerprint density at radius 1 is 1.19 bits per heavy atom. The smallest absolute Gasteiger partial charge is 0.335 e. The highest BCUT2D eigenvalue weighted by Crippen LogP contribution is 2.22. The van der Waals surface area contributed by atoms with Crippen molar-refractivity contribution in [3.8, 4) is 5.75 Å². The molecule has 0 bridgehead atoms. The Hall–Kier alpha value is -2.04. The van der Waals surface area contributed by atoms with Crippen LogP contribution in [0.1, 0.15) is 43.5 Å². The predicted octanol–water partition coefficient (Wildman–Crippen LogP) is 2.55. The minimum absolute atomic E-state index is 0.0128. The molecule has 114 valence electrons. The topological polar surface area (TPSA) is 66.8 Å². The van der Waals surface area contributed by atoms with Crippen molar-refractivity contribution >= 4 is 11.9 Å². The average molecular weight is 291 g/mol. The Morgan fingerprint density at radius 2 is 1.76 bits per heavy atom. The number of carboxylic acids is 1. The Kier molecular flexibility index (Phi) is 4.83. The minimum Gasteiger partial charge on any atom is -0.484 e. The van der Waals surface area contributed by atoms with Crippen LogP contribution in [0.5, 0.6) is 5.75 Å². The highest BCUT2D eigenvalue weighted by atomic mass is 16.5. The van der Waals surface area contributed by atoms with Gasteiger partial charge in [0.15, 0.2) is 6.61 Å². The number of carbonyl (C=O) groups excluding carboxylic acids is 1. The molecule has 1 aliphatic rings. The van der Waals surface area contributed by atoms with Crippen molar-refractivity contribution in [1.82, 2.24) is 4.90 Å². The van der Waals surface area contributed by atoms with E-state index in [4.69, 9.17) is 9.84 Å². The van der Waals surface area contributed by atoms with E-state index in [1.165, 1.54) is 12.1 Å². The quantitative estimate of drug-likeness (QED) is 0.925. The molecule has 2 rings (SSSR count). The SMILES string of the molecule is C[C@H]1CCC[C@H](C)N1C(=O)COc1ccc(C(=O)O)cc1. The van der Waals surface area contributed by atoms with Crippen LogP contribution in [0.25, 0.3) is 0 Å². The van der Waals surface area contributed by atoms with Crippen LogP contribution in [0.4, 0.5) is 0 Å². The van der Waals surface area contributed by atoms with Gasteiger partial charge in [-0.3, -0.25) is 4.79 Å². The fourth-order valence-electron chi connectivity index (χ4n) is 2.83. The van der Waals surface area contributed by atoms with Crippen molar-refractivity contribution in [2.24, 2.45) is 0 Å².